The van der Waals surface area contributed by atoms with Crippen molar-refractivity contribution < 1.29 is 9.59 Å². The van der Waals surface area contributed by atoms with Gasteiger partial charge in [0.25, 0.3) is 5.91 Å². The van der Waals surface area contributed by atoms with E-state index in [1.165, 1.54) is 11.8 Å². The van der Waals surface area contributed by atoms with Crippen molar-refractivity contribution in [2.45, 2.75) is 45.4 Å². The molecule has 3 aromatic rings. The topological polar surface area (TPSA) is 88.9 Å². The van der Waals surface area contributed by atoms with E-state index < -0.39 is 0 Å². The van der Waals surface area contributed by atoms with E-state index in [1.807, 2.05) is 62.6 Å². The Bertz CT molecular complexity index is 1110. The molecule has 0 aliphatic rings. The van der Waals surface area contributed by atoms with Crippen molar-refractivity contribution in [2.75, 3.05) is 11.1 Å². The Hall–Kier alpha value is -2.65. The molecule has 7 nitrogen and oxygen atoms in total. The molecule has 0 aliphatic heterocycles. The number of anilines is 1. The summed E-state index contributed by atoms with van der Waals surface area (Å²) >= 11 is 4.74. The third-order valence-electron chi connectivity index (χ3n) is 4.91. The number of carbonyl (C=O) groups is 2. The zero-order valence-electron chi connectivity index (χ0n) is 18.5. The van der Waals surface area contributed by atoms with E-state index in [-0.39, 0.29) is 23.6 Å². The standard InChI is InChI=1S/C23H26BrN5O2S/c1-5-29-21(16(4)25-22(31)17-8-6-14(2)7-9-17)27-28-23(29)32-13-20(30)26-19-11-10-18(24)12-15(19)3/h6-12,16H,5,13H2,1-4H3,(H,25,31)(H,26,30)/t16-/m0/s1. The summed E-state index contributed by atoms with van der Waals surface area (Å²) in [6.07, 6.45) is 0. The van der Waals surface area contributed by atoms with Crippen LogP contribution in [0.25, 0.3) is 0 Å². The number of carbonyl (C=O) groups excluding carboxylic acids is 2. The molecule has 0 bridgehead atoms. The summed E-state index contributed by atoms with van der Waals surface area (Å²) in [7, 11) is 0. The normalized spacial score (nSPS) is 11.8. The minimum Gasteiger partial charge on any atom is -0.342 e. The molecule has 1 atom stereocenters. The number of thioether (sulfide) groups is 1. The first-order valence-electron chi connectivity index (χ1n) is 10.3. The van der Waals surface area contributed by atoms with Gasteiger partial charge in [0.15, 0.2) is 11.0 Å². The number of nitrogens with one attached hydrogen (secondary N) is 2. The summed E-state index contributed by atoms with van der Waals surface area (Å²) in [5.41, 5.74) is 3.46. The summed E-state index contributed by atoms with van der Waals surface area (Å²) in [4.78, 5) is 25.0. The van der Waals surface area contributed by atoms with Crippen molar-refractivity contribution in [3.8, 4) is 0 Å². The molecule has 0 aliphatic carbocycles. The van der Waals surface area contributed by atoms with Gasteiger partial charge in [-0.25, -0.2) is 0 Å². The fourth-order valence-corrected chi connectivity index (χ4v) is 4.44. The second-order valence-electron chi connectivity index (χ2n) is 7.44. The van der Waals surface area contributed by atoms with E-state index in [0.717, 1.165) is 21.3 Å². The van der Waals surface area contributed by atoms with E-state index >= 15 is 0 Å². The largest absolute Gasteiger partial charge is 0.342 e. The molecule has 168 valence electrons. The third kappa shape index (κ3) is 5.98. The minimum atomic E-state index is -0.329. The molecule has 9 heteroatoms. The van der Waals surface area contributed by atoms with Gasteiger partial charge in [0.1, 0.15) is 0 Å². The highest BCUT2D eigenvalue weighted by molar-refractivity contribution is 9.10. The lowest BCUT2D eigenvalue weighted by atomic mass is 10.1. The van der Waals surface area contributed by atoms with Crippen molar-refractivity contribution in [2.24, 2.45) is 0 Å². The van der Waals surface area contributed by atoms with Gasteiger partial charge in [-0.3, -0.25) is 9.59 Å². The van der Waals surface area contributed by atoms with Crippen molar-refractivity contribution in [1.82, 2.24) is 20.1 Å². The molecule has 0 saturated carbocycles. The van der Waals surface area contributed by atoms with Gasteiger partial charge in [0.05, 0.1) is 11.8 Å². The predicted octanol–water partition coefficient (Wildman–Crippen LogP) is 4.90. The lowest BCUT2D eigenvalue weighted by Crippen LogP contribution is -2.28. The summed E-state index contributed by atoms with van der Waals surface area (Å²) < 4.78 is 2.89. The van der Waals surface area contributed by atoms with Crippen LogP contribution in [0.3, 0.4) is 0 Å². The molecule has 0 fully saturated rings. The van der Waals surface area contributed by atoms with Crippen LogP contribution < -0.4 is 10.6 Å². The number of amides is 2. The summed E-state index contributed by atoms with van der Waals surface area (Å²) in [6, 6.07) is 12.8. The van der Waals surface area contributed by atoms with E-state index in [9.17, 15) is 9.59 Å². The summed E-state index contributed by atoms with van der Waals surface area (Å²) in [5.74, 6) is 0.576. The van der Waals surface area contributed by atoms with Crippen LogP contribution in [0.5, 0.6) is 0 Å². The van der Waals surface area contributed by atoms with Crippen LogP contribution in [0.1, 0.15) is 47.2 Å². The molecule has 0 unspecified atom stereocenters. The molecular formula is C23H26BrN5O2S. The molecular weight excluding hydrogens is 490 g/mol. The monoisotopic (exact) mass is 515 g/mol. The molecule has 1 heterocycles. The zero-order chi connectivity index (χ0) is 23.3. The molecule has 32 heavy (non-hydrogen) atoms. The average Bonchev–Trinajstić information content (AvgIpc) is 3.17. The Labute approximate surface area is 200 Å². The lowest BCUT2D eigenvalue weighted by Gasteiger charge is -2.15. The molecule has 0 spiro atoms. The fourth-order valence-electron chi connectivity index (χ4n) is 3.16. The van der Waals surface area contributed by atoms with E-state index in [0.29, 0.717) is 23.1 Å². The first kappa shape index (κ1) is 24.0. The SMILES string of the molecule is CCn1c(SCC(=O)Nc2ccc(Br)cc2C)nnc1[C@H](C)NC(=O)c1ccc(C)cc1. The number of hydrogen-bond acceptors (Lipinski definition) is 5. The number of rotatable bonds is 8. The second-order valence-corrected chi connectivity index (χ2v) is 9.30. The van der Waals surface area contributed by atoms with Gasteiger partial charge in [0, 0.05) is 22.3 Å². The van der Waals surface area contributed by atoms with Crippen LogP contribution in [0, 0.1) is 13.8 Å². The van der Waals surface area contributed by atoms with Crippen molar-refractivity contribution in [3.63, 3.8) is 0 Å². The van der Waals surface area contributed by atoms with Gasteiger partial charge in [-0.15, -0.1) is 10.2 Å². The van der Waals surface area contributed by atoms with Crippen LogP contribution in [0.4, 0.5) is 5.69 Å². The zero-order valence-corrected chi connectivity index (χ0v) is 20.9. The Kier molecular flexibility index (Phi) is 8.09. The van der Waals surface area contributed by atoms with E-state index in [1.54, 1.807) is 12.1 Å². The predicted molar refractivity (Wildman–Crippen MR) is 131 cm³/mol. The van der Waals surface area contributed by atoms with Gasteiger partial charge >= 0.3 is 0 Å². The Balaban J connectivity index is 1.62. The highest BCUT2D eigenvalue weighted by Crippen LogP contribution is 2.23. The smallest absolute Gasteiger partial charge is 0.251 e. The van der Waals surface area contributed by atoms with Gasteiger partial charge in [0.2, 0.25) is 5.91 Å². The van der Waals surface area contributed by atoms with Crippen LogP contribution >= 0.6 is 27.7 Å². The van der Waals surface area contributed by atoms with E-state index in [4.69, 9.17) is 0 Å². The molecule has 2 amide bonds. The maximum Gasteiger partial charge on any atom is 0.251 e. The number of hydrogen-bond donors (Lipinski definition) is 2. The lowest BCUT2D eigenvalue weighted by molar-refractivity contribution is -0.113. The number of benzene rings is 2. The van der Waals surface area contributed by atoms with Gasteiger partial charge in [-0.2, -0.15) is 0 Å². The molecule has 3 rings (SSSR count). The van der Waals surface area contributed by atoms with Crippen LogP contribution in [-0.2, 0) is 11.3 Å². The maximum atomic E-state index is 12.6. The third-order valence-corrected chi connectivity index (χ3v) is 6.37. The number of aryl methyl sites for hydroxylation is 2. The fraction of sp³-hybridized carbons (Fsp3) is 0.304. The minimum absolute atomic E-state index is 0.117. The van der Waals surface area contributed by atoms with Crippen LogP contribution in [0.15, 0.2) is 52.1 Å². The van der Waals surface area contributed by atoms with Gasteiger partial charge in [-0.05, 0) is 63.6 Å². The molecule has 2 aromatic carbocycles. The van der Waals surface area contributed by atoms with Crippen molar-refractivity contribution in [1.29, 1.82) is 0 Å². The highest BCUT2D eigenvalue weighted by atomic mass is 79.9. The Morgan fingerprint density at radius 1 is 1.12 bits per heavy atom. The molecule has 2 N–H and O–H groups in total. The van der Waals surface area contributed by atoms with Crippen LogP contribution in [-0.4, -0.2) is 32.3 Å². The average molecular weight is 516 g/mol. The molecule has 0 saturated heterocycles. The first-order chi connectivity index (χ1) is 15.3. The number of nitrogens with zero attached hydrogens (tertiary/aromatic N) is 3. The van der Waals surface area contributed by atoms with Gasteiger partial charge < -0.3 is 15.2 Å². The summed E-state index contributed by atoms with van der Waals surface area (Å²) in [5, 5.41) is 15.1. The highest BCUT2D eigenvalue weighted by Gasteiger charge is 2.20. The quantitative estimate of drug-likeness (QED) is 0.416. The van der Waals surface area contributed by atoms with Crippen molar-refractivity contribution >= 4 is 45.2 Å². The number of aromatic nitrogens is 3. The molecule has 1 aromatic heterocycles. The maximum absolute atomic E-state index is 12.6. The Morgan fingerprint density at radius 3 is 2.50 bits per heavy atom. The van der Waals surface area contributed by atoms with Crippen molar-refractivity contribution in [3.05, 3.63) is 69.5 Å². The number of halogens is 1. The molecule has 0 radical (unpaired) electrons. The first-order valence-corrected chi connectivity index (χ1v) is 12.1. The van der Waals surface area contributed by atoms with Crippen LogP contribution in [0.2, 0.25) is 0 Å². The summed E-state index contributed by atoms with van der Waals surface area (Å²) in [6.45, 7) is 8.41. The van der Waals surface area contributed by atoms with E-state index in [2.05, 4.69) is 36.8 Å². The van der Waals surface area contributed by atoms with Gasteiger partial charge in [-0.1, -0.05) is 45.4 Å². The second kappa shape index (κ2) is 10.8. The Morgan fingerprint density at radius 2 is 1.84 bits per heavy atom.